The van der Waals surface area contributed by atoms with E-state index in [4.69, 9.17) is 4.74 Å². The first kappa shape index (κ1) is 15.5. The zero-order chi connectivity index (χ0) is 15.1. The maximum absolute atomic E-state index is 5.73. The van der Waals surface area contributed by atoms with Crippen LogP contribution in [0.1, 0.15) is 31.5 Å². The number of thiazole rings is 1. The molecule has 0 unspecified atom stereocenters. The van der Waals surface area contributed by atoms with Crippen LogP contribution in [0.2, 0.25) is 0 Å². The van der Waals surface area contributed by atoms with Gasteiger partial charge in [-0.05, 0) is 37.0 Å². The molecule has 5 heteroatoms. The van der Waals surface area contributed by atoms with Crippen LogP contribution in [0.3, 0.4) is 0 Å². The highest BCUT2D eigenvalue weighted by Crippen LogP contribution is 2.15. The normalized spacial score (nSPS) is 11.2. The number of nitrogens with zero attached hydrogens (tertiary/aromatic N) is 2. The van der Waals surface area contributed by atoms with Crippen molar-refractivity contribution < 1.29 is 4.74 Å². The summed E-state index contributed by atoms with van der Waals surface area (Å²) in [7, 11) is 0. The third kappa shape index (κ3) is 5.55. The quantitative estimate of drug-likeness (QED) is 0.612. The predicted molar refractivity (Wildman–Crippen MR) is 89.5 cm³/mol. The molecular weight excluding hydrogens is 282 g/mol. The smallest absolute Gasteiger partial charge is 0.203 e. The molecule has 0 aliphatic heterocycles. The van der Waals surface area contributed by atoms with Gasteiger partial charge in [0.1, 0.15) is 5.75 Å². The van der Waals surface area contributed by atoms with Gasteiger partial charge in [0.15, 0.2) is 0 Å². The monoisotopic (exact) mass is 303 g/mol. The summed E-state index contributed by atoms with van der Waals surface area (Å²) in [5.74, 6) is 1.53. The summed E-state index contributed by atoms with van der Waals surface area (Å²) >= 11 is 1.54. The van der Waals surface area contributed by atoms with Crippen molar-refractivity contribution in [3.05, 3.63) is 40.9 Å². The molecule has 0 saturated heterocycles. The highest BCUT2D eigenvalue weighted by atomic mass is 32.1. The topological polar surface area (TPSA) is 46.5 Å². The van der Waals surface area contributed by atoms with Crippen LogP contribution in [0.15, 0.2) is 34.7 Å². The lowest BCUT2D eigenvalue weighted by atomic mass is 10.1. The number of aryl methyl sites for hydroxylation is 1. The van der Waals surface area contributed by atoms with E-state index >= 15 is 0 Å². The SMILES string of the molecule is Cc1csc(NN=Cc2cccc(OCCC(C)C)c2)n1. The van der Waals surface area contributed by atoms with Crippen molar-refractivity contribution in [3.8, 4) is 5.75 Å². The zero-order valence-corrected chi connectivity index (χ0v) is 13.5. The van der Waals surface area contributed by atoms with Crippen molar-refractivity contribution in [1.29, 1.82) is 0 Å². The van der Waals surface area contributed by atoms with Crippen LogP contribution in [0.25, 0.3) is 0 Å². The van der Waals surface area contributed by atoms with E-state index in [1.807, 2.05) is 36.6 Å². The Morgan fingerprint density at radius 1 is 1.43 bits per heavy atom. The van der Waals surface area contributed by atoms with Gasteiger partial charge in [-0.25, -0.2) is 4.98 Å². The molecule has 0 aliphatic carbocycles. The number of anilines is 1. The zero-order valence-electron chi connectivity index (χ0n) is 12.7. The van der Waals surface area contributed by atoms with E-state index in [9.17, 15) is 0 Å². The van der Waals surface area contributed by atoms with Crippen LogP contribution in [0.5, 0.6) is 5.75 Å². The van der Waals surface area contributed by atoms with Gasteiger partial charge in [0.25, 0.3) is 0 Å². The lowest BCUT2D eigenvalue weighted by molar-refractivity contribution is 0.289. The van der Waals surface area contributed by atoms with Crippen LogP contribution < -0.4 is 10.2 Å². The van der Waals surface area contributed by atoms with Crippen molar-refractivity contribution in [2.75, 3.05) is 12.0 Å². The molecule has 0 amide bonds. The number of ether oxygens (including phenoxy) is 1. The molecular formula is C16H21N3OS. The van der Waals surface area contributed by atoms with Crippen LogP contribution in [-0.2, 0) is 0 Å². The van der Waals surface area contributed by atoms with E-state index in [1.165, 1.54) is 0 Å². The van der Waals surface area contributed by atoms with Crippen LogP contribution in [-0.4, -0.2) is 17.8 Å². The lowest BCUT2D eigenvalue weighted by Crippen LogP contribution is -2.01. The van der Waals surface area contributed by atoms with Gasteiger partial charge >= 0.3 is 0 Å². The Morgan fingerprint density at radius 3 is 3.00 bits per heavy atom. The average Bonchev–Trinajstić information content (AvgIpc) is 2.85. The van der Waals surface area contributed by atoms with Crippen molar-refractivity contribution in [2.45, 2.75) is 27.2 Å². The first-order valence-corrected chi connectivity index (χ1v) is 7.95. The second-order valence-electron chi connectivity index (χ2n) is 5.27. The molecule has 112 valence electrons. The van der Waals surface area contributed by atoms with E-state index in [0.29, 0.717) is 5.92 Å². The van der Waals surface area contributed by atoms with Crippen molar-refractivity contribution in [2.24, 2.45) is 11.0 Å². The second-order valence-corrected chi connectivity index (χ2v) is 6.13. The van der Waals surface area contributed by atoms with Gasteiger partial charge in [0.05, 0.1) is 18.5 Å². The first-order chi connectivity index (χ1) is 10.1. The fourth-order valence-electron chi connectivity index (χ4n) is 1.66. The largest absolute Gasteiger partial charge is 0.494 e. The highest BCUT2D eigenvalue weighted by Gasteiger charge is 1.98. The molecule has 0 fully saturated rings. The fraction of sp³-hybridized carbons (Fsp3) is 0.375. The Hall–Kier alpha value is -1.88. The summed E-state index contributed by atoms with van der Waals surface area (Å²) in [6.45, 7) is 7.09. The minimum absolute atomic E-state index is 0.653. The van der Waals surface area contributed by atoms with Gasteiger partial charge in [-0.3, -0.25) is 5.43 Å². The molecule has 1 aromatic heterocycles. The van der Waals surface area contributed by atoms with Gasteiger partial charge in [0.2, 0.25) is 5.13 Å². The number of hydrazone groups is 1. The van der Waals surface area contributed by atoms with Crippen molar-refractivity contribution in [1.82, 2.24) is 4.98 Å². The maximum Gasteiger partial charge on any atom is 0.203 e. The first-order valence-electron chi connectivity index (χ1n) is 7.07. The Bertz CT molecular complexity index is 593. The van der Waals surface area contributed by atoms with Gasteiger partial charge in [-0.2, -0.15) is 5.10 Å². The van der Waals surface area contributed by atoms with E-state index in [0.717, 1.165) is 35.2 Å². The lowest BCUT2D eigenvalue weighted by Gasteiger charge is -2.08. The van der Waals surface area contributed by atoms with Gasteiger partial charge in [-0.1, -0.05) is 26.0 Å². The second kappa shape index (κ2) is 7.78. The number of benzene rings is 1. The molecule has 1 heterocycles. The minimum Gasteiger partial charge on any atom is -0.494 e. The predicted octanol–water partition coefficient (Wildman–Crippen LogP) is 4.32. The number of aromatic nitrogens is 1. The van der Waals surface area contributed by atoms with Crippen molar-refractivity contribution >= 4 is 22.7 Å². The number of hydrogen-bond donors (Lipinski definition) is 1. The summed E-state index contributed by atoms with van der Waals surface area (Å²) in [6, 6.07) is 7.92. The number of hydrogen-bond acceptors (Lipinski definition) is 5. The number of rotatable bonds is 7. The van der Waals surface area contributed by atoms with Gasteiger partial charge in [0, 0.05) is 5.38 Å². The molecule has 0 saturated carbocycles. The molecule has 0 atom stereocenters. The summed E-state index contributed by atoms with van der Waals surface area (Å²) in [5, 5.41) is 6.98. The summed E-state index contributed by atoms with van der Waals surface area (Å²) < 4.78 is 5.73. The van der Waals surface area contributed by atoms with Gasteiger partial charge in [-0.15, -0.1) is 11.3 Å². The van der Waals surface area contributed by atoms with Crippen LogP contribution in [0.4, 0.5) is 5.13 Å². The summed E-state index contributed by atoms with van der Waals surface area (Å²) in [6.07, 6.45) is 2.83. The molecule has 2 rings (SSSR count). The van der Waals surface area contributed by atoms with Crippen molar-refractivity contribution in [3.63, 3.8) is 0 Å². The van der Waals surface area contributed by atoms with Crippen LogP contribution in [0, 0.1) is 12.8 Å². The van der Waals surface area contributed by atoms with Crippen LogP contribution >= 0.6 is 11.3 Å². The highest BCUT2D eigenvalue weighted by molar-refractivity contribution is 7.13. The minimum atomic E-state index is 0.653. The average molecular weight is 303 g/mol. The molecule has 4 nitrogen and oxygen atoms in total. The molecule has 0 aliphatic rings. The number of nitrogens with one attached hydrogen (secondary N) is 1. The molecule has 0 radical (unpaired) electrons. The van der Waals surface area contributed by atoms with E-state index in [2.05, 4.69) is 29.4 Å². The fourth-order valence-corrected chi connectivity index (χ4v) is 2.30. The summed E-state index contributed by atoms with van der Waals surface area (Å²) in [5.41, 5.74) is 4.92. The Kier molecular flexibility index (Phi) is 5.75. The Balaban J connectivity index is 1.88. The molecule has 2 aromatic rings. The van der Waals surface area contributed by atoms with Gasteiger partial charge < -0.3 is 4.74 Å². The summed E-state index contributed by atoms with van der Waals surface area (Å²) in [4.78, 5) is 4.29. The third-order valence-electron chi connectivity index (χ3n) is 2.81. The standard InChI is InChI=1S/C16H21N3OS/c1-12(2)7-8-20-15-6-4-5-14(9-15)10-17-19-16-18-13(3)11-21-16/h4-6,9-12H,7-8H2,1-3H3,(H,18,19). The molecule has 1 aromatic carbocycles. The third-order valence-corrected chi connectivity index (χ3v) is 3.68. The van der Waals surface area contributed by atoms with E-state index in [1.54, 1.807) is 17.6 Å². The molecule has 21 heavy (non-hydrogen) atoms. The maximum atomic E-state index is 5.73. The molecule has 0 spiro atoms. The molecule has 1 N–H and O–H groups in total. The Labute approximate surface area is 129 Å². The van der Waals surface area contributed by atoms with E-state index in [-0.39, 0.29) is 0 Å². The van der Waals surface area contributed by atoms with E-state index < -0.39 is 0 Å². The molecule has 0 bridgehead atoms. The Morgan fingerprint density at radius 2 is 2.29 bits per heavy atom.